The van der Waals surface area contributed by atoms with Crippen molar-refractivity contribution < 1.29 is 9.13 Å². The summed E-state index contributed by atoms with van der Waals surface area (Å²) in [4.78, 5) is 6.49. The predicted octanol–water partition coefficient (Wildman–Crippen LogP) is 0.0173. The van der Waals surface area contributed by atoms with Gasteiger partial charge in [0.2, 0.25) is 0 Å². The van der Waals surface area contributed by atoms with Gasteiger partial charge in [-0.15, -0.1) is 0 Å². The Morgan fingerprint density at radius 3 is 2.72 bits per heavy atom. The van der Waals surface area contributed by atoms with Crippen molar-refractivity contribution in [3.8, 4) is 0 Å². The van der Waals surface area contributed by atoms with E-state index in [1.54, 1.807) is 6.92 Å². The molecule has 2 rings (SSSR count). The van der Waals surface area contributed by atoms with Crippen molar-refractivity contribution in [1.29, 1.82) is 0 Å². The molecule has 0 aromatic carbocycles. The van der Waals surface area contributed by atoms with Crippen LogP contribution >= 0.6 is 0 Å². The zero-order chi connectivity index (χ0) is 13.1. The van der Waals surface area contributed by atoms with Gasteiger partial charge in [0.25, 0.3) is 0 Å². The fraction of sp³-hybridized carbons (Fsp3) is 0.750. The molecule has 18 heavy (non-hydrogen) atoms. The first-order valence-electron chi connectivity index (χ1n) is 6.30. The van der Waals surface area contributed by atoms with Gasteiger partial charge in [-0.1, -0.05) is 0 Å². The van der Waals surface area contributed by atoms with Crippen molar-refractivity contribution in [3.05, 3.63) is 11.9 Å². The first kappa shape index (κ1) is 13.3. The summed E-state index contributed by atoms with van der Waals surface area (Å²) in [5, 5.41) is 0. The summed E-state index contributed by atoms with van der Waals surface area (Å²) in [6.45, 7) is 4.51. The summed E-state index contributed by atoms with van der Waals surface area (Å²) < 4.78 is 19.2. The molecule has 2 aliphatic heterocycles. The molecule has 5 nitrogen and oxygen atoms in total. The van der Waals surface area contributed by atoms with Crippen LogP contribution in [0.5, 0.6) is 0 Å². The Kier molecular flexibility index (Phi) is 4.19. The van der Waals surface area contributed by atoms with Gasteiger partial charge < -0.3 is 16.2 Å². The van der Waals surface area contributed by atoms with E-state index in [1.807, 2.05) is 0 Å². The molecule has 2 aliphatic rings. The Morgan fingerprint density at radius 2 is 2.22 bits per heavy atom. The van der Waals surface area contributed by atoms with E-state index in [4.69, 9.17) is 16.2 Å². The van der Waals surface area contributed by atoms with E-state index in [0.717, 1.165) is 19.8 Å². The van der Waals surface area contributed by atoms with E-state index in [-0.39, 0.29) is 6.04 Å². The Morgan fingerprint density at radius 1 is 1.50 bits per heavy atom. The molecule has 0 spiro atoms. The van der Waals surface area contributed by atoms with Gasteiger partial charge in [-0.2, -0.15) is 0 Å². The number of likely N-dealkylation sites (tertiary alicyclic amines) is 1. The number of rotatable bonds is 3. The number of hydrogen-bond donors (Lipinski definition) is 2. The molecule has 2 unspecified atom stereocenters. The minimum absolute atomic E-state index is 0.305. The van der Waals surface area contributed by atoms with Crippen LogP contribution in [0.2, 0.25) is 0 Å². The van der Waals surface area contributed by atoms with Crippen LogP contribution in [0.1, 0.15) is 13.3 Å². The quantitative estimate of drug-likeness (QED) is 0.698. The summed E-state index contributed by atoms with van der Waals surface area (Å²) in [6, 6.07) is 0.0871. The lowest BCUT2D eigenvalue weighted by Crippen LogP contribution is -2.55. The molecule has 0 aliphatic carbocycles. The van der Waals surface area contributed by atoms with Gasteiger partial charge in [-0.25, -0.2) is 4.39 Å². The second-order valence-corrected chi connectivity index (χ2v) is 4.89. The Hall–Kier alpha value is -1.14. The third kappa shape index (κ3) is 2.81. The highest BCUT2D eigenvalue weighted by atomic mass is 19.1. The number of ether oxygens (including phenoxy) is 1. The topological polar surface area (TPSA) is 76.9 Å². The molecular weight excluding hydrogens is 235 g/mol. The van der Waals surface area contributed by atoms with Crippen LogP contribution in [-0.2, 0) is 4.74 Å². The summed E-state index contributed by atoms with van der Waals surface area (Å²) >= 11 is 0. The lowest BCUT2D eigenvalue weighted by Gasteiger charge is -2.42. The van der Waals surface area contributed by atoms with Crippen molar-refractivity contribution in [2.24, 2.45) is 16.5 Å². The van der Waals surface area contributed by atoms with Crippen LogP contribution in [0, 0.1) is 0 Å². The Balaban J connectivity index is 1.92. The number of aliphatic imine (C=N–C) groups is 1. The maximum Gasteiger partial charge on any atom is 0.135 e. The second-order valence-electron chi connectivity index (χ2n) is 4.89. The molecule has 6 heteroatoms. The van der Waals surface area contributed by atoms with E-state index in [9.17, 15) is 4.39 Å². The van der Waals surface area contributed by atoms with Crippen LogP contribution in [0.4, 0.5) is 4.39 Å². The molecule has 2 atom stereocenters. The monoisotopic (exact) mass is 256 g/mol. The van der Waals surface area contributed by atoms with Crippen molar-refractivity contribution in [2.75, 3.05) is 26.3 Å². The minimum atomic E-state index is -0.945. The van der Waals surface area contributed by atoms with Gasteiger partial charge in [-0.3, -0.25) is 9.89 Å². The van der Waals surface area contributed by atoms with Crippen LogP contribution in [0.25, 0.3) is 0 Å². The van der Waals surface area contributed by atoms with Crippen molar-refractivity contribution in [1.82, 2.24) is 4.90 Å². The average molecular weight is 256 g/mol. The van der Waals surface area contributed by atoms with Crippen LogP contribution in [-0.4, -0.2) is 55.2 Å². The smallest absolute Gasteiger partial charge is 0.135 e. The molecule has 0 aromatic heterocycles. The van der Waals surface area contributed by atoms with Gasteiger partial charge in [0.15, 0.2) is 0 Å². The van der Waals surface area contributed by atoms with Gasteiger partial charge in [0, 0.05) is 19.3 Å². The molecule has 0 radical (unpaired) electrons. The molecular formula is C12H21FN4O. The molecule has 0 amide bonds. The zero-order valence-corrected chi connectivity index (χ0v) is 10.7. The number of hydrogen-bond acceptors (Lipinski definition) is 5. The molecule has 2 fully saturated rings. The van der Waals surface area contributed by atoms with Crippen LogP contribution < -0.4 is 11.5 Å². The highest BCUT2D eigenvalue weighted by molar-refractivity contribution is 5.97. The summed E-state index contributed by atoms with van der Waals surface area (Å²) in [5.41, 5.74) is 12.0. The largest absolute Gasteiger partial charge is 0.403 e. The van der Waals surface area contributed by atoms with E-state index in [2.05, 4.69) is 9.89 Å². The van der Waals surface area contributed by atoms with E-state index < -0.39 is 6.17 Å². The van der Waals surface area contributed by atoms with Crippen LogP contribution in [0.15, 0.2) is 16.9 Å². The first-order chi connectivity index (χ1) is 8.61. The van der Waals surface area contributed by atoms with Gasteiger partial charge in [0.1, 0.15) is 6.17 Å². The summed E-state index contributed by atoms with van der Waals surface area (Å²) in [7, 11) is 0. The lowest BCUT2D eigenvalue weighted by atomic mass is 10.0. The first-order valence-corrected chi connectivity index (χ1v) is 6.30. The molecule has 2 saturated heterocycles. The van der Waals surface area contributed by atoms with E-state index >= 15 is 0 Å². The average Bonchev–Trinajstić information content (AvgIpc) is 2.29. The minimum Gasteiger partial charge on any atom is -0.403 e. The van der Waals surface area contributed by atoms with Gasteiger partial charge >= 0.3 is 0 Å². The summed E-state index contributed by atoms with van der Waals surface area (Å²) in [5.74, 6) is 0. The fourth-order valence-corrected chi connectivity index (χ4v) is 2.27. The third-order valence-electron chi connectivity index (χ3n) is 3.63. The zero-order valence-electron chi connectivity index (χ0n) is 10.7. The highest BCUT2D eigenvalue weighted by Gasteiger charge is 2.35. The normalized spacial score (nSPS) is 32.3. The SMILES string of the molecule is CC(=NC1CCN(C2COC2)CC1F)C(N)=CN. The predicted molar refractivity (Wildman–Crippen MR) is 69.0 cm³/mol. The standard InChI is InChI=1S/C12H21FN4O/c1-8(11(15)4-14)16-12-2-3-17(5-10(12)13)9-6-18-7-9/h4,9-10,12H,2-3,5-7,14-15H2,1H3. The van der Waals surface area contributed by atoms with E-state index in [0.29, 0.717) is 30.4 Å². The number of nitrogens with two attached hydrogens (primary N) is 2. The van der Waals surface area contributed by atoms with Crippen molar-refractivity contribution in [3.63, 3.8) is 0 Å². The summed E-state index contributed by atoms with van der Waals surface area (Å²) in [6.07, 6.45) is 1.07. The molecule has 0 bridgehead atoms. The van der Waals surface area contributed by atoms with Crippen LogP contribution in [0.3, 0.4) is 0 Å². The molecule has 0 saturated carbocycles. The Bertz CT molecular complexity index is 354. The second kappa shape index (κ2) is 5.67. The fourth-order valence-electron chi connectivity index (χ4n) is 2.27. The number of allylic oxidation sites excluding steroid dienone is 1. The molecule has 0 aromatic rings. The van der Waals surface area contributed by atoms with Crippen molar-refractivity contribution in [2.45, 2.75) is 31.6 Å². The Labute approximate surface area is 107 Å². The number of nitrogens with zero attached hydrogens (tertiary/aromatic N) is 2. The number of piperidine rings is 1. The molecule has 2 heterocycles. The lowest BCUT2D eigenvalue weighted by molar-refractivity contribution is -0.0801. The van der Waals surface area contributed by atoms with Gasteiger partial charge in [0.05, 0.1) is 36.7 Å². The molecule has 102 valence electrons. The highest BCUT2D eigenvalue weighted by Crippen LogP contribution is 2.22. The molecule has 4 N–H and O–H groups in total. The van der Waals surface area contributed by atoms with Gasteiger partial charge in [-0.05, 0) is 13.3 Å². The number of halogens is 1. The van der Waals surface area contributed by atoms with E-state index in [1.165, 1.54) is 6.20 Å². The van der Waals surface area contributed by atoms with Crippen molar-refractivity contribution >= 4 is 5.71 Å². The maximum absolute atomic E-state index is 14.1. The third-order valence-corrected chi connectivity index (χ3v) is 3.63. The number of alkyl halides is 1. The maximum atomic E-state index is 14.1.